The monoisotopic (exact) mass is 527 g/mol. The van der Waals surface area contributed by atoms with E-state index in [9.17, 15) is 32.9 Å². The van der Waals surface area contributed by atoms with Gasteiger partial charge in [0.1, 0.15) is 5.75 Å². The molecule has 1 heterocycles. The number of halogens is 4. The van der Waals surface area contributed by atoms with Crippen molar-refractivity contribution in [3.63, 3.8) is 0 Å². The quantitative estimate of drug-likeness (QED) is 0.153. The smallest absolute Gasteiger partial charge is 0.475 e. The number of unbranched alkanes of at least 4 members (excludes halogenated alkanes) is 1. The van der Waals surface area contributed by atoms with Gasteiger partial charge < -0.3 is 23.8 Å². The average Bonchev–Trinajstić information content (AvgIpc) is 2.68. The van der Waals surface area contributed by atoms with Crippen LogP contribution in [0.15, 0.2) is 22.2 Å². The molecule has 0 saturated carbocycles. The number of hydrogen-bond acceptors (Lipinski definition) is 9. The van der Waals surface area contributed by atoms with Gasteiger partial charge in [-0.25, -0.2) is 9.59 Å². The van der Waals surface area contributed by atoms with Crippen LogP contribution in [0.5, 0.6) is 5.75 Å². The van der Waals surface area contributed by atoms with Crippen LogP contribution in [0.25, 0.3) is 6.08 Å². The largest absolute Gasteiger partial charge is 0.511 e. The summed E-state index contributed by atoms with van der Waals surface area (Å²) in [6, 6.07) is 3.05. The van der Waals surface area contributed by atoms with E-state index in [0.717, 1.165) is 6.08 Å². The van der Waals surface area contributed by atoms with Gasteiger partial charge >= 0.3 is 18.3 Å². The molecule has 0 unspecified atom stereocenters. The maximum Gasteiger partial charge on any atom is 0.511 e. The third-order valence-corrected chi connectivity index (χ3v) is 4.41. The van der Waals surface area contributed by atoms with Crippen molar-refractivity contribution >= 4 is 34.1 Å². The second-order valence-electron chi connectivity index (χ2n) is 6.34. The molecule has 0 N–H and O–H groups in total. The van der Waals surface area contributed by atoms with E-state index >= 15 is 0 Å². The van der Waals surface area contributed by atoms with Crippen LogP contribution in [0.2, 0.25) is 0 Å². The summed E-state index contributed by atoms with van der Waals surface area (Å²) in [6.07, 6.45) is -7.24. The molecule has 1 aliphatic rings. The molecule has 0 fully saturated rings. The van der Waals surface area contributed by atoms with E-state index in [4.69, 9.17) is 4.74 Å². The highest BCUT2D eigenvalue weighted by Crippen LogP contribution is 2.40. The Morgan fingerprint density at radius 2 is 1.88 bits per heavy atom. The molecule has 1 aliphatic heterocycles. The molecule has 32 heavy (non-hydrogen) atoms. The molecule has 10 nitrogen and oxygen atoms in total. The van der Waals surface area contributed by atoms with Crippen LogP contribution in [-0.4, -0.2) is 49.5 Å². The predicted octanol–water partition coefficient (Wildman–Crippen LogP) is 4.11. The summed E-state index contributed by atoms with van der Waals surface area (Å²) in [4.78, 5) is 37.6. The molecule has 1 atom stereocenters. The van der Waals surface area contributed by atoms with E-state index in [1.54, 1.807) is 13.0 Å². The first-order chi connectivity index (χ1) is 15.0. The minimum absolute atomic E-state index is 0.0180. The van der Waals surface area contributed by atoms with Crippen molar-refractivity contribution in [1.29, 1.82) is 0 Å². The van der Waals surface area contributed by atoms with Gasteiger partial charge in [0.25, 0.3) is 5.09 Å². The van der Waals surface area contributed by atoms with Gasteiger partial charge in [-0.05, 0) is 43.5 Å². The number of nitrogens with zero attached hydrogens (tertiary/aromatic N) is 1. The number of ether oxygens (including phenoxy) is 4. The normalized spacial score (nSPS) is 15.0. The van der Waals surface area contributed by atoms with Crippen LogP contribution >= 0.6 is 15.9 Å². The third-order valence-electron chi connectivity index (χ3n) is 3.95. The first kappa shape index (κ1) is 25.2. The highest BCUT2D eigenvalue weighted by atomic mass is 79.9. The molecule has 176 valence electrons. The molecular weight excluding hydrogens is 511 g/mol. The maximum atomic E-state index is 13.4. The Hall–Kier alpha value is -3.03. The Labute approximate surface area is 187 Å². The maximum absolute atomic E-state index is 13.4. The molecule has 0 aliphatic carbocycles. The third kappa shape index (κ3) is 7.28. The lowest BCUT2D eigenvalue weighted by Crippen LogP contribution is -2.41. The molecule has 2 rings (SSSR count). The summed E-state index contributed by atoms with van der Waals surface area (Å²) >= 11 is 3.22. The summed E-state index contributed by atoms with van der Waals surface area (Å²) in [5, 5.41) is 8.99. The van der Waals surface area contributed by atoms with Gasteiger partial charge in [-0.1, -0.05) is 15.9 Å². The van der Waals surface area contributed by atoms with Crippen molar-refractivity contribution in [2.45, 2.75) is 32.0 Å². The van der Waals surface area contributed by atoms with Crippen LogP contribution in [-0.2, 0) is 23.8 Å². The Balaban J connectivity index is 1.90. The molecule has 0 saturated heterocycles. The molecule has 0 amide bonds. The van der Waals surface area contributed by atoms with E-state index in [1.165, 1.54) is 6.07 Å². The van der Waals surface area contributed by atoms with E-state index in [2.05, 4.69) is 35.0 Å². The highest BCUT2D eigenvalue weighted by molar-refractivity contribution is 9.10. The fourth-order valence-corrected chi connectivity index (χ4v) is 3.20. The summed E-state index contributed by atoms with van der Waals surface area (Å²) in [7, 11) is 0. The molecule has 14 heteroatoms. The predicted molar refractivity (Wildman–Crippen MR) is 103 cm³/mol. The topological polar surface area (TPSA) is 123 Å². The minimum Gasteiger partial charge on any atom is -0.475 e. The van der Waals surface area contributed by atoms with E-state index in [-0.39, 0.29) is 37.4 Å². The minimum atomic E-state index is -4.90. The molecule has 0 bridgehead atoms. The molecule has 0 spiro atoms. The van der Waals surface area contributed by atoms with E-state index < -0.39 is 41.9 Å². The van der Waals surface area contributed by atoms with Crippen LogP contribution in [0.4, 0.5) is 18.0 Å². The number of alkyl halides is 3. The summed E-state index contributed by atoms with van der Waals surface area (Å²) in [6.45, 7) is 0.227. The second-order valence-corrected chi connectivity index (χ2v) is 7.25. The first-order valence-corrected chi connectivity index (χ1v) is 9.77. The number of carbonyl (C=O) groups is 2. The SMILES string of the molecule is Cc1cc(Br)cc2c1O[C@H](C(F)(F)F)C(C(=O)OCOC(=O)OCCCCO[N+](=O)[O-])=C2. The van der Waals surface area contributed by atoms with Gasteiger partial charge in [0, 0.05) is 10.0 Å². The van der Waals surface area contributed by atoms with Gasteiger partial charge in [-0.15, -0.1) is 10.1 Å². The van der Waals surface area contributed by atoms with E-state index in [0.29, 0.717) is 10.0 Å². The first-order valence-electron chi connectivity index (χ1n) is 8.98. The lowest BCUT2D eigenvalue weighted by molar-refractivity contribution is -0.757. The van der Waals surface area contributed by atoms with Crippen molar-refractivity contribution in [2.24, 2.45) is 0 Å². The summed E-state index contributed by atoms with van der Waals surface area (Å²) < 4.78 is 59.7. The summed E-state index contributed by atoms with van der Waals surface area (Å²) in [5.74, 6) is -1.41. The number of hydrogen-bond donors (Lipinski definition) is 0. The zero-order valence-corrected chi connectivity index (χ0v) is 18.1. The van der Waals surface area contributed by atoms with Crippen LogP contribution < -0.4 is 4.74 Å². The van der Waals surface area contributed by atoms with Crippen molar-refractivity contribution in [2.75, 3.05) is 20.0 Å². The van der Waals surface area contributed by atoms with Gasteiger partial charge in [-0.3, -0.25) is 0 Å². The van der Waals surface area contributed by atoms with Gasteiger partial charge in [0.05, 0.1) is 18.8 Å². The van der Waals surface area contributed by atoms with Crippen molar-refractivity contribution in [3.8, 4) is 5.75 Å². The Kier molecular flexibility index (Phi) is 8.69. The highest BCUT2D eigenvalue weighted by Gasteiger charge is 2.49. The number of carbonyl (C=O) groups excluding carboxylic acids is 2. The fraction of sp³-hybridized carbons (Fsp3) is 0.444. The molecule has 1 aromatic carbocycles. The lowest BCUT2D eigenvalue weighted by atomic mass is 9.99. The number of esters is 1. The average molecular weight is 528 g/mol. The van der Waals surface area contributed by atoms with Crippen LogP contribution in [0.1, 0.15) is 24.0 Å². The van der Waals surface area contributed by atoms with Gasteiger partial charge in [0.2, 0.25) is 12.9 Å². The number of rotatable bonds is 9. The standard InChI is InChI=1S/C18H17BrF3NO9/c1-10-6-12(19)7-11-8-13(15(18(20,21)22)32-14(10)11)16(24)29-9-30-17(25)28-4-2-3-5-31-23(26)27/h6-8,15H,2-5,9H2,1H3/t15-/m0/s1. The van der Waals surface area contributed by atoms with Crippen molar-refractivity contribution in [3.05, 3.63) is 43.4 Å². The van der Waals surface area contributed by atoms with Crippen molar-refractivity contribution < 1.29 is 51.6 Å². The lowest BCUT2D eigenvalue weighted by Gasteiger charge is -2.28. The number of fused-ring (bicyclic) bond motifs is 1. The fourth-order valence-electron chi connectivity index (χ4n) is 2.61. The zero-order valence-electron chi connectivity index (χ0n) is 16.5. The molecular formula is C18H17BrF3NO9. The molecule has 0 radical (unpaired) electrons. The van der Waals surface area contributed by atoms with E-state index in [1.807, 2.05) is 0 Å². The van der Waals surface area contributed by atoms with Crippen LogP contribution in [0.3, 0.4) is 0 Å². The van der Waals surface area contributed by atoms with Gasteiger partial charge in [0.15, 0.2) is 0 Å². The van der Waals surface area contributed by atoms with Crippen LogP contribution in [0, 0.1) is 17.0 Å². The number of benzene rings is 1. The number of aryl methyl sites for hydroxylation is 1. The molecule has 1 aromatic rings. The van der Waals surface area contributed by atoms with Gasteiger partial charge in [-0.2, -0.15) is 13.2 Å². The molecule has 0 aromatic heterocycles. The van der Waals surface area contributed by atoms with Crippen molar-refractivity contribution in [1.82, 2.24) is 0 Å². The Bertz CT molecular complexity index is 904. The Morgan fingerprint density at radius 1 is 1.19 bits per heavy atom. The Morgan fingerprint density at radius 3 is 2.53 bits per heavy atom. The second kappa shape index (κ2) is 11.0. The summed E-state index contributed by atoms with van der Waals surface area (Å²) in [5.41, 5.74) is -0.140. The zero-order chi connectivity index (χ0) is 23.9.